The second-order valence-electron chi connectivity index (χ2n) is 4.45. The molecule has 4 heteroatoms. The van der Waals surface area contributed by atoms with E-state index >= 15 is 0 Å². The molecule has 0 radical (unpaired) electrons. The molecule has 0 aliphatic rings. The van der Waals surface area contributed by atoms with Crippen molar-refractivity contribution in [3.05, 3.63) is 18.0 Å². The molecule has 1 aromatic rings. The average molecular weight is 210 g/mol. The number of esters is 1. The first-order valence-corrected chi connectivity index (χ1v) is 5.13. The number of hydrogen-bond acceptors (Lipinski definition) is 3. The molecule has 0 bridgehead atoms. The predicted octanol–water partition coefficient (Wildman–Crippen LogP) is 1.74. The molecule has 1 heterocycles. The fraction of sp³-hybridized carbons (Fsp3) is 0.636. The van der Waals surface area contributed by atoms with Gasteiger partial charge in [-0.15, -0.1) is 0 Å². The Morgan fingerprint density at radius 1 is 1.53 bits per heavy atom. The van der Waals surface area contributed by atoms with Crippen LogP contribution < -0.4 is 0 Å². The summed E-state index contributed by atoms with van der Waals surface area (Å²) in [5.41, 5.74) is 0.992. The fourth-order valence-corrected chi connectivity index (χ4v) is 1.19. The molecule has 0 N–H and O–H groups in total. The van der Waals surface area contributed by atoms with E-state index in [1.807, 2.05) is 6.07 Å². The summed E-state index contributed by atoms with van der Waals surface area (Å²) >= 11 is 0. The third-order valence-electron chi connectivity index (χ3n) is 2.01. The van der Waals surface area contributed by atoms with Gasteiger partial charge in [0.2, 0.25) is 0 Å². The van der Waals surface area contributed by atoms with Crippen molar-refractivity contribution < 1.29 is 9.53 Å². The van der Waals surface area contributed by atoms with E-state index < -0.39 is 0 Å². The summed E-state index contributed by atoms with van der Waals surface area (Å²) in [4.78, 5) is 11.2. The van der Waals surface area contributed by atoms with Crippen LogP contribution >= 0.6 is 0 Å². The van der Waals surface area contributed by atoms with Gasteiger partial charge < -0.3 is 4.74 Å². The van der Waals surface area contributed by atoms with Crippen molar-refractivity contribution in [2.24, 2.45) is 0 Å². The first-order chi connectivity index (χ1) is 6.93. The molecule has 0 spiro atoms. The van der Waals surface area contributed by atoms with Gasteiger partial charge in [-0.2, -0.15) is 5.10 Å². The van der Waals surface area contributed by atoms with Gasteiger partial charge in [-0.25, -0.2) is 0 Å². The molecule has 0 aliphatic carbocycles. The molecule has 1 rings (SSSR count). The molecule has 0 saturated heterocycles. The largest absolute Gasteiger partial charge is 0.465 e. The van der Waals surface area contributed by atoms with E-state index in [1.54, 1.807) is 17.8 Å². The molecule has 0 aliphatic heterocycles. The van der Waals surface area contributed by atoms with Crippen LogP contribution in [0.1, 0.15) is 33.4 Å². The van der Waals surface area contributed by atoms with Crippen LogP contribution in [-0.4, -0.2) is 22.4 Å². The molecular weight excluding hydrogens is 192 g/mol. The van der Waals surface area contributed by atoms with Crippen LogP contribution in [0.15, 0.2) is 12.3 Å². The normalized spacial score (nSPS) is 11.5. The standard InChI is InChI=1S/C11H18N2O2/c1-5-15-10(14)8-13-7-6-9(12-13)11(2,3)4/h6-7H,5,8H2,1-4H3. The molecule has 0 unspecified atom stereocenters. The van der Waals surface area contributed by atoms with Crippen LogP contribution in [0.4, 0.5) is 0 Å². The minimum absolute atomic E-state index is 0.0138. The summed E-state index contributed by atoms with van der Waals surface area (Å²) < 4.78 is 6.45. The summed E-state index contributed by atoms with van der Waals surface area (Å²) in [6, 6.07) is 1.93. The van der Waals surface area contributed by atoms with Crippen molar-refractivity contribution in [1.82, 2.24) is 9.78 Å². The van der Waals surface area contributed by atoms with Crippen molar-refractivity contribution in [2.45, 2.75) is 39.7 Å². The molecule has 1 aromatic heterocycles. The van der Waals surface area contributed by atoms with E-state index in [0.29, 0.717) is 6.61 Å². The molecule has 0 atom stereocenters. The maximum absolute atomic E-state index is 11.2. The second-order valence-corrected chi connectivity index (χ2v) is 4.45. The highest BCUT2D eigenvalue weighted by atomic mass is 16.5. The Hall–Kier alpha value is -1.32. The highest BCUT2D eigenvalue weighted by molar-refractivity contribution is 5.68. The zero-order valence-electron chi connectivity index (χ0n) is 9.78. The van der Waals surface area contributed by atoms with Crippen molar-refractivity contribution in [1.29, 1.82) is 0 Å². The van der Waals surface area contributed by atoms with E-state index in [2.05, 4.69) is 25.9 Å². The highest BCUT2D eigenvalue weighted by Gasteiger charge is 2.17. The minimum Gasteiger partial charge on any atom is -0.465 e. The van der Waals surface area contributed by atoms with Gasteiger partial charge in [0.1, 0.15) is 6.54 Å². The molecule has 0 aromatic carbocycles. The lowest BCUT2D eigenvalue weighted by Gasteiger charge is -2.14. The van der Waals surface area contributed by atoms with Crippen molar-refractivity contribution in [3.63, 3.8) is 0 Å². The zero-order valence-corrected chi connectivity index (χ0v) is 9.78. The maximum Gasteiger partial charge on any atom is 0.327 e. The molecule has 15 heavy (non-hydrogen) atoms. The van der Waals surface area contributed by atoms with Gasteiger partial charge in [0.05, 0.1) is 12.3 Å². The van der Waals surface area contributed by atoms with Gasteiger partial charge in [-0.1, -0.05) is 20.8 Å². The molecule has 0 saturated carbocycles. The minimum atomic E-state index is -0.249. The fourth-order valence-electron chi connectivity index (χ4n) is 1.19. The summed E-state index contributed by atoms with van der Waals surface area (Å²) in [6.45, 7) is 8.65. The number of nitrogens with zero attached hydrogens (tertiary/aromatic N) is 2. The van der Waals surface area contributed by atoms with Crippen LogP contribution in [0.25, 0.3) is 0 Å². The number of ether oxygens (including phenoxy) is 1. The average Bonchev–Trinajstić information content (AvgIpc) is 2.52. The zero-order chi connectivity index (χ0) is 11.5. The molecule has 84 valence electrons. The van der Waals surface area contributed by atoms with Crippen LogP contribution in [0.2, 0.25) is 0 Å². The SMILES string of the molecule is CCOC(=O)Cn1ccc(C(C)(C)C)n1. The van der Waals surface area contributed by atoms with E-state index in [4.69, 9.17) is 4.74 Å². The van der Waals surface area contributed by atoms with Crippen LogP contribution in [0.3, 0.4) is 0 Å². The van der Waals surface area contributed by atoms with Gasteiger partial charge in [0, 0.05) is 11.6 Å². The lowest BCUT2D eigenvalue weighted by molar-refractivity contribution is -0.144. The number of carbonyl (C=O) groups excluding carboxylic acids is 1. The van der Waals surface area contributed by atoms with Gasteiger partial charge in [0.15, 0.2) is 0 Å². The van der Waals surface area contributed by atoms with Gasteiger partial charge in [0.25, 0.3) is 0 Å². The first-order valence-electron chi connectivity index (χ1n) is 5.13. The lowest BCUT2D eigenvalue weighted by atomic mass is 9.93. The Bertz CT molecular complexity index is 337. The van der Waals surface area contributed by atoms with E-state index in [1.165, 1.54) is 0 Å². The van der Waals surface area contributed by atoms with Crippen molar-refractivity contribution in [2.75, 3.05) is 6.61 Å². The Labute approximate surface area is 90.2 Å². The number of hydrogen-bond donors (Lipinski definition) is 0. The summed E-state index contributed by atoms with van der Waals surface area (Å²) in [5.74, 6) is -0.249. The smallest absolute Gasteiger partial charge is 0.327 e. The first kappa shape index (κ1) is 11.8. The Balaban J connectivity index is 2.65. The van der Waals surface area contributed by atoms with Crippen LogP contribution in [0.5, 0.6) is 0 Å². The van der Waals surface area contributed by atoms with Crippen LogP contribution in [-0.2, 0) is 21.5 Å². The summed E-state index contributed by atoms with van der Waals surface area (Å²) in [6.07, 6.45) is 1.80. The van der Waals surface area contributed by atoms with Crippen molar-refractivity contribution in [3.8, 4) is 0 Å². The Kier molecular flexibility index (Phi) is 3.50. The molecule has 0 amide bonds. The number of aromatic nitrogens is 2. The summed E-state index contributed by atoms with van der Waals surface area (Å²) in [5, 5.41) is 4.32. The van der Waals surface area contributed by atoms with Gasteiger partial charge >= 0.3 is 5.97 Å². The van der Waals surface area contributed by atoms with Gasteiger partial charge in [-0.3, -0.25) is 9.48 Å². The van der Waals surface area contributed by atoms with E-state index in [-0.39, 0.29) is 17.9 Å². The third-order valence-corrected chi connectivity index (χ3v) is 2.01. The summed E-state index contributed by atoms with van der Waals surface area (Å²) in [7, 11) is 0. The molecule has 4 nitrogen and oxygen atoms in total. The predicted molar refractivity (Wildman–Crippen MR) is 57.6 cm³/mol. The number of rotatable bonds is 3. The lowest BCUT2D eigenvalue weighted by Crippen LogP contribution is -2.16. The number of carbonyl (C=O) groups is 1. The van der Waals surface area contributed by atoms with E-state index in [9.17, 15) is 4.79 Å². The quantitative estimate of drug-likeness (QED) is 0.714. The Morgan fingerprint density at radius 3 is 2.67 bits per heavy atom. The molecule has 0 fully saturated rings. The third kappa shape index (κ3) is 3.38. The van der Waals surface area contributed by atoms with E-state index in [0.717, 1.165) is 5.69 Å². The van der Waals surface area contributed by atoms with Crippen LogP contribution in [0, 0.1) is 0 Å². The highest BCUT2D eigenvalue weighted by Crippen LogP contribution is 2.19. The maximum atomic E-state index is 11.2. The van der Waals surface area contributed by atoms with Crippen molar-refractivity contribution >= 4 is 5.97 Å². The molecular formula is C11H18N2O2. The monoisotopic (exact) mass is 210 g/mol. The Morgan fingerprint density at radius 2 is 2.20 bits per heavy atom. The topological polar surface area (TPSA) is 44.1 Å². The second kappa shape index (κ2) is 4.47. The van der Waals surface area contributed by atoms with Gasteiger partial charge in [-0.05, 0) is 13.0 Å².